The predicted octanol–water partition coefficient (Wildman–Crippen LogP) is 6.23. The van der Waals surface area contributed by atoms with Crippen LogP contribution in [0.3, 0.4) is 0 Å². The van der Waals surface area contributed by atoms with Crippen molar-refractivity contribution in [1.29, 1.82) is 0 Å². The number of hydrogen-bond acceptors (Lipinski definition) is 5. The fourth-order valence-corrected chi connectivity index (χ4v) is 6.32. The molecule has 0 aliphatic rings. The van der Waals surface area contributed by atoms with Crippen LogP contribution in [0.1, 0.15) is 44.2 Å². The number of ether oxygens (including phenoxy) is 1. The second-order valence-electron chi connectivity index (χ2n) is 9.89. The van der Waals surface area contributed by atoms with Crippen LogP contribution in [-0.2, 0) is 26.2 Å². The Morgan fingerprint density at radius 3 is 2.12 bits per heavy atom. The minimum absolute atomic E-state index is 0.00283. The molecule has 0 fully saturated rings. The van der Waals surface area contributed by atoms with E-state index in [1.54, 1.807) is 43.5 Å². The molecule has 11 heteroatoms. The molecule has 3 rings (SSSR count). The van der Waals surface area contributed by atoms with Crippen LogP contribution < -0.4 is 14.4 Å². The van der Waals surface area contributed by atoms with Gasteiger partial charge < -0.3 is 15.0 Å². The average Bonchev–Trinajstić information content (AvgIpc) is 2.95. The van der Waals surface area contributed by atoms with Gasteiger partial charge in [-0.05, 0) is 67.8 Å². The predicted molar refractivity (Wildman–Crippen MR) is 168 cm³/mol. The third kappa shape index (κ3) is 8.63. The minimum Gasteiger partial charge on any atom is -0.497 e. The third-order valence-electron chi connectivity index (χ3n) is 6.75. The van der Waals surface area contributed by atoms with Gasteiger partial charge in [0.2, 0.25) is 11.8 Å². The van der Waals surface area contributed by atoms with E-state index in [-0.39, 0.29) is 33.1 Å². The highest BCUT2D eigenvalue weighted by Gasteiger charge is 2.34. The molecular formula is C31H37Cl2N3O5S. The van der Waals surface area contributed by atoms with E-state index in [4.69, 9.17) is 27.9 Å². The Hall–Kier alpha value is -3.27. The first kappa shape index (κ1) is 33.2. The van der Waals surface area contributed by atoms with E-state index in [0.717, 1.165) is 28.3 Å². The molecule has 0 aromatic heterocycles. The number of carbonyl (C=O) groups excluding carboxylic acids is 2. The fourth-order valence-electron chi connectivity index (χ4n) is 4.40. The molecule has 0 heterocycles. The Kier molecular flexibility index (Phi) is 12.1. The third-order valence-corrected chi connectivity index (χ3v) is 8.98. The van der Waals surface area contributed by atoms with Crippen molar-refractivity contribution in [3.05, 3.63) is 87.9 Å². The quantitative estimate of drug-likeness (QED) is 0.212. The SMILES string of the molecule is CCCCNC(=O)[C@H](CC)N(Cc1ccc(OC)cc1)C(=O)CN(c1cc(Cl)cc(Cl)c1)S(=O)(=O)c1ccc(C)cc1. The summed E-state index contributed by atoms with van der Waals surface area (Å²) in [5.74, 6) is -0.212. The van der Waals surface area contributed by atoms with Crippen LogP contribution in [-0.4, -0.2) is 51.4 Å². The van der Waals surface area contributed by atoms with Crippen LogP contribution in [0.5, 0.6) is 5.75 Å². The van der Waals surface area contributed by atoms with E-state index >= 15 is 0 Å². The van der Waals surface area contributed by atoms with E-state index < -0.39 is 28.5 Å². The van der Waals surface area contributed by atoms with Crippen molar-refractivity contribution in [3.8, 4) is 5.75 Å². The van der Waals surface area contributed by atoms with Crippen molar-refractivity contribution in [2.24, 2.45) is 0 Å². The molecule has 2 amide bonds. The van der Waals surface area contributed by atoms with Gasteiger partial charge in [0, 0.05) is 23.1 Å². The Labute approximate surface area is 258 Å². The number of methoxy groups -OCH3 is 1. The molecule has 0 spiro atoms. The van der Waals surface area contributed by atoms with Gasteiger partial charge in [0.1, 0.15) is 18.3 Å². The minimum atomic E-state index is -4.23. The van der Waals surface area contributed by atoms with Crippen LogP contribution in [0.2, 0.25) is 10.0 Å². The van der Waals surface area contributed by atoms with E-state index in [1.807, 2.05) is 20.8 Å². The summed E-state index contributed by atoms with van der Waals surface area (Å²) in [4.78, 5) is 28.9. The lowest BCUT2D eigenvalue weighted by Gasteiger charge is -2.33. The average molecular weight is 635 g/mol. The second-order valence-corrected chi connectivity index (χ2v) is 12.6. The van der Waals surface area contributed by atoms with E-state index in [2.05, 4.69) is 5.32 Å². The second kappa shape index (κ2) is 15.3. The van der Waals surface area contributed by atoms with Crippen molar-refractivity contribution < 1.29 is 22.7 Å². The number of aryl methyl sites for hydroxylation is 1. The molecule has 0 radical (unpaired) electrons. The number of amides is 2. The molecule has 3 aromatic carbocycles. The van der Waals surface area contributed by atoms with Gasteiger partial charge in [-0.1, -0.05) is 73.3 Å². The molecule has 0 saturated carbocycles. The Morgan fingerprint density at radius 2 is 1.57 bits per heavy atom. The number of anilines is 1. The van der Waals surface area contributed by atoms with Gasteiger partial charge in [-0.3, -0.25) is 13.9 Å². The van der Waals surface area contributed by atoms with Crippen molar-refractivity contribution in [2.45, 2.75) is 57.5 Å². The highest BCUT2D eigenvalue weighted by atomic mass is 35.5. The first-order valence-electron chi connectivity index (χ1n) is 13.8. The molecule has 0 bridgehead atoms. The summed E-state index contributed by atoms with van der Waals surface area (Å²) in [7, 11) is -2.67. The first-order valence-corrected chi connectivity index (χ1v) is 15.9. The Balaban J connectivity index is 2.06. The fraction of sp³-hybridized carbons (Fsp3) is 0.355. The number of halogens is 2. The number of hydrogen-bond donors (Lipinski definition) is 1. The summed E-state index contributed by atoms with van der Waals surface area (Å²) in [5.41, 5.74) is 1.77. The topological polar surface area (TPSA) is 96.0 Å². The number of unbranched alkanes of at least 4 members (excludes halogenated alkanes) is 1. The summed E-state index contributed by atoms with van der Waals surface area (Å²) in [6.45, 7) is 5.66. The van der Waals surface area contributed by atoms with Gasteiger partial charge in [0.15, 0.2) is 0 Å². The van der Waals surface area contributed by atoms with Crippen LogP contribution in [0.15, 0.2) is 71.6 Å². The molecule has 1 atom stereocenters. The first-order chi connectivity index (χ1) is 20.0. The van der Waals surface area contributed by atoms with Crippen molar-refractivity contribution in [3.63, 3.8) is 0 Å². The van der Waals surface area contributed by atoms with Gasteiger partial charge in [-0.2, -0.15) is 0 Å². The Bertz CT molecular complexity index is 1440. The zero-order valence-electron chi connectivity index (χ0n) is 24.3. The monoisotopic (exact) mass is 633 g/mol. The molecule has 1 N–H and O–H groups in total. The summed E-state index contributed by atoms with van der Waals surface area (Å²) in [6.07, 6.45) is 2.03. The summed E-state index contributed by atoms with van der Waals surface area (Å²) >= 11 is 12.5. The van der Waals surface area contributed by atoms with E-state index in [1.165, 1.54) is 35.2 Å². The Morgan fingerprint density at radius 1 is 0.952 bits per heavy atom. The van der Waals surface area contributed by atoms with Crippen molar-refractivity contribution in [1.82, 2.24) is 10.2 Å². The van der Waals surface area contributed by atoms with Crippen LogP contribution in [0.25, 0.3) is 0 Å². The maximum absolute atomic E-state index is 14.1. The largest absolute Gasteiger partial charge is 0.497 e. The molecule has 0 aliphatic heterocycles. The molecule has 0 unspecified atom stereocenters. The lowest BCUT2D eigenvalue weighted by atomic mass is 10.1. The highest BCUT2D eigenvalue weighted by molar-refractivity contribution is 7.92. The summed E-state index contributed by atoms with van der Waals surface area (Å²) in [5, 5.41) is 3.34. The number of sulfonamides is 1. The van der Waals surface area contributed by atoms with E-state index in [9.17, 15) is 18.0 Å². The maximum Gasteiger partial charge on any atom is 0.264 e. The van der Waals surface area contributed by atoms with Crippen LogP contribution in [0, 0.1) is 6.92 Å². The molecule has 226 valence electrons. The van der Waals surface area contributed by atoms with Crippen LogP contribution >= 0.6 is 23.2 Å². The van der Waals surface area contributed by atoms with Gasteiger partial charge >= 0.3 is 0 Å². The number of nitrogens with zero attached hydrogens (tertiary/aromatic N) is 2. The molecule has 42 heavy (non-hydrogen) atoms. The zero-order chi connectivity index (χ0) is 30.9. The molecular weight excluding hydrogens is 597 g/mol. The summed E-state index contributed by atoms with van der Waals surface area (Å²) in [6, 6.07) is 17.0. The number of carbonyl (C=O) groups is 2. The maximum atomic E-state index is 14.1. The molecule has 0 aliphatic carbocycles. The van der Waals surface area contributed by atoms with Crippen LogP contribution in [0.4, 0.5) is 5.69 Å². The van der Waals surface area contributed by atoms with Gasteiger partial charge in [-0.15, -0.1) is 0 Å². The van der Waals surface area contributed by atoms with Crippen molar-refractivity contribution >= 4 is 50.7 Å². The standard InChI is InChI=1S/C31H37Cl2N3O5S/c1-5-7-16-34-31(38)29(6-2)35(20-23-10-12-27(41-4)13-11-23)30(37)21-36(26-18-24(32)17-25(33)19-26)42(39,40)28-14-8-22(3)9-15-28/h8-15,17-19,29H,5-7,16,20-21H2,1-4H3,(H,34,38)/t29-/m0/s1. The van der Waals surface area contributed by atoms with Gasteiger partial charge in [-0.25, -0.2) is 8.42 Å². The number of rotatable bonds is 14. The molecule has 8 nitrogen and oxygen atoms in total. The lowest BCUT2D eigenvalue weighted by molar-refractivity contribution is -0.140. The van der Waals surface area contributed by atoms with Crippen molar-refractivity contribution in [2.75, 3.05) is 24.5 Å². The number of nitrogens with one attached hydrogen (secondary N) is 1. The zero-order valence-corrected chi connectivity index (χ0v) is 26.6. The smallest absolute Gasteiger partial charge is 0.264 e. The number of benzene rings is 3. The van der Waals surface area contributed by atoms with Gasteiger partial charge in [0.05, 0.1) is 17.7 Å². The summed E-state index contributed by atoms with van der Waals surface area (Å²) < 4.78 is 34.2. The lowest BCUT2D eigenvalue weighted by Crippen LogP contribution is -2.52. The van der Waals surface area contributed by atoms with Gasteiger partial charge in [0.25, 0.3) is 10.0 Å². The molecule has 0 saturated heterocycles. The highest BCUT2D eigenvalue weighted by Crippen LogP contribution is 2.30. The van der Waals surface area contributed by atoms with E-state index in [0.29, 0.717) is 18.7 Å². The molecule has 3 aromatic rings. The normalized spacial score (nSPS) is 12.0.